The molecule has 1 heterocycles. The van der Waals surface area contributed by atoms with Crippen LogP contribution in [0.5, 0.6) is 0 Å². The molecule has 5 heteroatoms. The van der Waals surface area contributed by atoms with E-state index in [1.54, 1.807) is 7.11 Å². The SMILES string of the molecule is COC1C=CC=CC1(C)C(=S)NC[C@@H]1Cc2ccccc2CN1.Cl. The van der Waals surface area contributed by atoms with Gasteiger partial charge < -0.3 is 15.4 Å². The molecule has 24 heavy (non-hydrogen) atoms. The Bertz CT molecular complexity index is 646. The summed E-state index contributed by atoms with van der Waals surface area (Å²) in [6.45, 7) is 3.88. The number of hydrogen-bond donors (Lipinski definition) is 2. The number of fused-ring (bicyclic) bond motifs is 1. The molecule has 0 saturated carbocycles. The summed E-state index contributed by atoms with van der Waals surface area (Å²) in [4.78, 5) is 0.839. The summed E-state index contributed by atoms with van der Waals surface area (Å²) in [5, 5.41) is 7.05. The molecule has 1 aliphatic carbocycles. The minimum Gasteiger partial charge on any atom is -0.377 e. The van der Waals surface area contributed by atoms with Gasteiger partial charge in [0.2, 0.25) is 0 Å². The minimum absolute atomic E-state index is 0. The van der Waals surface area contributed by atoms with Crippen LogP contribution in [0.4, 0.5) is 0 Å². The molecule has 130 valence electrons. The predicted octanol–water partition coefficient (Wildman–Crippen LogP) is 3.19. The summed E-state index contributed by atoms with van der Waals surface area (Å²) >= 11 is 5.67. The van der Waals surface area contributed by atoms with Crippen LogP contribution in [0.25, 0.3) is 0 Å². The van der Waals surface area contributed by atoms with Crippen molar-refractivity contribution in [3.63, 3.8) is 0 Å². The minimum atomic E-state index is -0.286. The Morgan fingerprint density at radius 2 is 2.08 bits per heavy atom. The monoisotopic (exact) mass is 364 g/mol. The molecule has 0 spiro atoms. The molecule has 0 fully saturated rings. The van der Waals surface area contributed by atoms with Crippen LogP contribution >= 0.6 is 24.6 Å². The summed E-state index contributed by atoms with van der Waals surface area (Å²) in [6, 6.07) is 9.03. The first-order chi connectivity index (χ1) is 11.1. The molecular formula is C19H25ClN2OS. The molecule has 1 aliphatic heterocycles. The number of benzene rings is 1. The van der Waals surface area contributed by atoms with Gasteiger partial charge in [0.15, 0.2) is 0 Å². The van der Waals surface area contributed by atoms with Crippen LogP contribution in [0.15, 0.2) is 48.6 Å². The average molecular weight is 365 g/mol. The first kappa shape index (κ1) is 19.1. The van der Waals surface area contributed by atoms with Gasteiger partial charge in [0.25, 0.3) is 0 Å². The van der Waals surface area contributed by atoms with Crippen molar-refractivity contribution in [2.24, 2.45) is 5.41 Å². The summed E-state index contributed by atoms with van der Waals surface area (Å²) in [7, 11) is 1.73. The van der Waals surface area contributed by atoms with Gasteiger partial charge in [-0.15, -0.1) is 12.4 Å². The average Bonchev–Trinajstić information content (AvgIpc) is 2.59. The van der Waals surface area contributed by atoms with E-state index in [9.17, 15) is 0 Å². The number of ether oxygens (including phenoxy) is 1. The van der Waals surface area contributed by atoms with E-state index < -0.39 is 0 Å². The molecule has 2 N–H and O–H groups in total. The fraction of sp³-hybridized carbons (Fsp3) is 0.421. The van der Waals surface area contributed by atoms with Crippen molar-refractivity contribution in [3.05, 3.63) is 59.7 Å². The third-order valence-corrected chi connectivity index (χ3v) is 5.43. The van der Waals surface area contributed by atoms with Gasteiger partial charge in [-0.3, -0.25) is 0 Å². The van der Waals surface area contributed by atoms with Crippen LogP contribution < -0.4 is 10.6 Å². The van der Waals surface area contributed by atoms with Crippen LogP contribution in [-0.4, -0.2) is 30.8 Å². The lowest BCUT2D eigenvalue weighted by Crippen LogP contribution is -2.50. The van der Waals surface area contributed by atoms with E-state index >= 15 is 0 Å². The topological polar surface area (TPSA) is 33.3 Å². The van der Waals surface area contributed by atoms with Crippen molar-refractivity contribution >= 4 is 29.6 Å². The largest absolute Gasteiger partial charge is 0.377 e. The van der Waals surface area contributed by atoms with Crippen molar-refractivity contribution in [2.45, 2.75) is 32.0 Å². The fourth-order valence-corrected chi connectivity index (χ4v) is 3.58. The molecule has 3 nitrogen and oxygen atoms in total. The quantitative estimate of drug-likeness (QED) is 0.804. The Labute approximate surface area is 156 Å². The zero-order valence-corrected chi connectivity index (χ0v) is 15.8. The lowest BCUT2D eigenvalue weighted by molar-refractivity contribution is 0.0891. The second-order valence-corrected chi connectivity index (χ2v) is 6.85. The van der Waals surface area contributed by atoms with Gasteiger partial charge in [-0.1, -0.05) is 60.8 Å². The van der Waals surface area contributed by atoms with Gasteiger partial charge in [0, 0.05) is 26.2 Å². The Balaban J connectivity index is 0.00000208. The molecule has 0 aromatic heterocycles. The molecule has 2 unspecified atom stereocenters. The molecule has 3 atom stereocenters. The highest BCUT2D eigenvalue weighted by Gasteiger charge is 2.36. The number of hydrogen-bond acceptors (Lipinski definition) is 3. The third-order valence-electron chi connectivity index (χ3n) is 4.85. The molecular weight excluding hydrogens is 340 g/mol. The number of rotatable bonds is 4. The van der Waals surface area contributed by atoms with Crippen molar-refractivity contribution < 1.29 is 4.74 Å². The third kappa shape index (κ3) is 3.89. The highest BCUT2D eigenvalue weighted by molar-refractivity contribution is 7.80. The van der Waals surface area contributed by atoms with Crippen LogP contribution in [-0.2, 0) is 17.7 Å². The first-order valence-corrected chi connectivity index (χ1v) is 8.51. The van der Waals surface area contributed by atoms with E-state index in [2.05, 4.69) is 54.0 Å². The van der Waals surface area contributed by atoms with E-state index in [1.807, 2.05) is 12.2 Å². The van der Waals surface area contributed by atoms with Gasteiger partial charge in [0.05, 0.1) is 16.5 Å². The lowest BCUT2D eigenvalue weighted by atomic mass is 9.80. The van der Waals surface area contributed by atoms with Crippen LogP contribution in [0.1, 0.15) is 18.1 Å². The molecule has 2 aliphatic rings. The zero-order valence-electron chi connectivity index (χ0n) is 14.1. The number of methoxy groups -OCH3 is 1. The Morgan fingerprint density at radius 1 is 1.33 bits per heavy atom. The summed E-state index contributed by atoms with van der Waals surface area (Å²) in [5.41, 5.74) is 2.55. The molecule has 0 radical (unpaired) electrons. The van der Waals surface area contributed by atoms with Gasteiger partial charge in [0.1, 0.15) is 0 Å². The smallest absolute Gasteiger partial charge is 0.0906 e. The number of nitrogens with one attached hydrogen (secondary N) is 2. The van der Waals surface area contributed by atoms with Crippen molar-refractivity contribution in [2.75, 3.05) is 13.7 Å². The van der Waals surface area contributed by atoms with E-state index in [-0.39, 0.29) is 23.9 Å². The van der Waals surface area contributed by atoms with Crippen molar-refractivity contribution in [1.82, 2.24) is 10.6 Å². The summed E-state index contributed by atoms with van der Waals surface area (Å²) in [5.74, 6) is 0. The van der Waals surface area contributed by atoms with E-state index in [0.29, 0.717) is 6.04 Å². The lowest BCUT2D eigenvalue weighted by Gasteiger charge is -2.36. The van der Waals surface area contributed by atoms with Gasteiger partial charge in [-0.2, -0.15) is 0 Å². The predicted molar refractivity (Wildman–Crippen MR) is 106 cm³/mol. The Hall–Kier alpha value is -1.20. The number of thiocarbonyl (C=S) groups is 1. The fourth-order valence-electron chi connectivity index (χ4n) is 3.32. The highest BCUT2D eigenvalue weighted by atomic mass is 35.5. The van der Waals surface area contributed by atoms with E-state index in [1.165, 1.54) is 11.1 Å². The zero-order chi connectivity index (χ0) is 16.3. The number of allylic oxidation sites excluding steroid dienone is 2. The standard InChI is InChI=1S/C19H24N2OS.ClH/c1-19(10-6-5-9-17(19)22-2)18(23)21-13-16-11-14-7-3-4-8-15(14)12-20-16;/h3-10,16-17,20H,11-13H2,1-2H3,(H,21,23);1H/t16-,17?,19?;/m0./s1. The summed E-state index contributed by atoms with van der Waals surface area (Å²) < 4.78 is 5.59. The van der Waals surface area contributed by atoms with Crippen LogP contribution in [0.2, 0.25) is 0 Å². The molecule has 1 aromatic carbocycles. The van der Waals surface area contributed by atoms with Gasteiger partial charge >= 0.3 is 0 Å². The van der Waals surface area contributed by atoms with Crippen molar-refractivity contribution in [3.8, 4) is 0 Å². The van der Waals surface area contributed by atoms with E-state index in [4.69, 9.17) is 17.0 Å². The maximum absolute atomic E-state index is 5.67. The van der Waals surface area contributed by atoms with E-state index in [0.717, 1.165) is 24.5 Å². The first-order valence-electron chi connectivity index (χ1n) is 8.11. The Morgan fingerprint density at radius 3 is 2.83 bits per heavy atom. The van der Waals surface area contributed by atoms with Gasteiger partial charge in [-0.05, 0) is 24.5 Å². The van der Waals surface area contributed by atoms with Crippen molar-refractivity contribution in [1.29, 1.82) is 0 Å². The van der Waals surface area contributed by atoms with Gasteiger partial charge in [-0.25, -0.2) is 0 Å². The second-order valence-electron chi connectivity index (χ2n) is 6.44. The highest BCUT2D eigenvalue weighted by Crippen LogP contribution is 2.31. The second kappa shape index (κ2) is 8.26. The molecule has 0 amide bonds. The number of halogens is 1. The Kier molecular flexibility index (Phi) is 6.58. The molecule has 3 rings (SSSR count). The normalized spacial score (nSPS) is 27.9. The molecule has 0 bridgehead atoms. The molecule has 1 aromatic rings. The maximum atomic E-state index is 5.67. The maximum Gasteiger partial charge on any atom is 0.0906 e. The molecule has 0 saturated heterocycles. The summed E-state index contributed by atoms with van der Waals surface area (Å²) in [6.07, 6.45) is 9.25. The van der Waals surface area contributed by atoms with Crippen LogP contribution in [0, 0.1) is 5.41 Å². The van der Waals surface area contributed by atoms with Crippen LogP contribution in [0.3, 0.4) is 0 Å².